The highest BCUT2D eigenvalue weighted by atomic mass is 19.1. The van der Waals surface area contributed by atoms with E-state index in [1.54, 1.807) is 59.5 Å². The Morgan fingerprint density at radius 2 is 1.58 bits per heavy atom. The van der Waals surface area contributed by atoms with Crippen LogP contribution >= 0.6 is 0 Å². The first-order valence-electron chi connectivity index (χ1n) is 10.9. The summed E-state index contributed by atoms with van der Waals surface area (Å²) in [7, 11) is 0. The number of anilines is 1. The summed E-state index contributed by atoms with van der Waals surface area (Å²) in [5.41, 5.74) is 3.91. The van der Waals surface area contributed by atoms with Gasteiger partial charge < -0.3 is 10.2 Å². The molecule has 0 unspecified atom stereocenters. The van der Waals surface area contributed by atoms with Crippen molar-refractivity contribution in [2.45, 2.75) is 20.8 Å². The van der Waals surface area contributed by atoms with Crippen molar-refractivity contribution in [1.82, 2.24) is 14.5 Å². The van der Waals surface area contributed by atoms with E-state index in [1.807, 2.05) is 25.3 Å². The van der Waals surface area contributed by atoms with E-state index in [4.69, 9.17) is 0 Å². The first-order valence-corrected chi connectivity index (χ1v) is 10.9. The van der Waals surface area contributed by atoms with Crippen LogP contribution < -0.4 is 5.32 Å². The zero-order chi connectivity index (χ0) is 23.5. The van der Waals surface area contributed by atoms with Crippen molar-refractivity contribution in [3.05, 3.63) is 89.5 Å². The number of nitrogens with zero attached hydrogens (tertiary/aromatic N) is 3. The number of hydrogen-bond acceptors (Lipinski definition) is 3. The zero-order valence-electron chi connectivity index (χ0n) is 18.8. The summed E-state index contributed by atoms with van der Waals surface area (Å²) in [5, 5.41) is 2.88. The van der Waals surface area contributed by atoms with Gasteiger partial charge in [-0.05, 0) is 87.5 Å². The number of carbonyl (C=O) groups excluding carboxylic acids is 2. The van der Waals surface area contributed by atoms with E-state index in [2.05, 4.69) is 10.3 Å². The molecule has 0 radical (unpaired) electrons. The van der Waals surface area contributed by atoms with Gasteiger partial charge in [-0.3, -0.25) is 14.2 Å². The lowest BCUT2D eigenvalue weighted by atomic mass is 10.1. The maximum absolute atomic E-state index is 13.4. The lowest BCUT2D eigenvalue weighted by molar-refractivity contribution is 0.0773. The van der Waals surface area contributed by atoms with Crippen LogP contribution in [0.5, 0.6) is 0 Å². The minimum Gasteiger partial charge on any atom is -0.339 e. The molecule has 0 atom stereocenters. The normalized spacial score (nSPS) is 10.9. The summed E-state index contributed by atoms with van der Waals surface area (Å²) in [6.45, 7) is 7.03. The highest BCUT2D eigenvalue weighted by molar-refractivity contribution is 6.06. The Kier molecular flexibility index (Phi) is 6.22. The third-order valence-electron chi connectivity index (χ3n) is 5.61. The first kappa shape index (κ1) is 22.2. The van der Waals surface area contributed by atoms with Crippen molar-refractivity contribution in [1.29, 1.82) is 0 Å². The molecule has 168 valence electrons. The molecular formula is C26H25FN4O2. The smallest absolute Gasteiger partial charge is 0.255 e. The minimum absolute atomic E-state index is 0.0345. The summed E-state index contributed by atoms with van der Waals surface area (Å²) < 4.78 is 15.3. The zero-order valence-corrected chi connectivity index (χ0v) is 18.8. The lowest BCUT2D eigenvalue weighted by Gasteiger charge is -2.18. The number of aromatic nitrogens is 2. The van der Waals surface area contributed by atoms with Crippen LogP contribution in [0, 0.1) is 12.7 Å². The van der Waals surface area contributed by atoms with Crippen molar-refractivity contribution in [3.63, 3.8) is 0 Å². The van der Waals surface area contributed by atoms with Gasteiger partial charge in [0.05, 0.1) is 11.0 Å². The summed E-state index contributed by atoms with van der Waals surface area (Å²) >= 11 is 0. The number of carbonyl (C=O) groups is 2. The minimum atomic E-state index is -0.314. The van der Waals surface area contributed by atoms with E-state index in [0.29, 0.717) is 29.9 Å². The fourth-order valence-corrected chi connectivity index (χ4v) is 3.85. The van der Waals surface area contributed by atoms with Crippen LogP contribution in [0.15, 0.2) is 66.7 Å². The SMILES string of the molecule is CCN(CC)C(=O)c1ccc(NC(=O)c2ccc3nc(C)n(-c4ccc(F)cc4)c3c2)cc1. The average molecular weight is 445 g/mol. The van der Waals surface area contributed by atoms with Crippen molar-refractivity contribution >= 4 is 28.5 Å². The second-order valence-corrected chi connectivity index (χ2v) is 7.68. The molecule has 1 N–H and O–H groups in total. The molecule has 3 aromatic carbocycles. The molecule has 0 aliphatic heterocycles. The molecule has 0 spiro atoms. The molecular weight excluding hydrogens is 419 g/mol. The van der Waals surface area contributed by atoms with Crippen LogP contribution in [-0.2, 0) is 0 Å². The molecule has 1 aromatic heterocycles. The van der Waals surface area contributed by atoms with E-state index in [1.165, 1.54) is 12.1 Å². The van der Waals surface area contributed by atoms with Crippen molar-refractivity contribution in [2.75, 3.05) is 18.4 Å². The van der Waals surface area contributed by atoms with E-state index < -0.39 is 0 Å². The van der Waals surface area contributed by atoms with Crippen LogP contribution in [0.2, 0.25) is 0 Å². The third-order valence-corrected chi connectivity index (χ3v) is 5.61. The van der Waals surface area contributed by atoms with Gasteiger partial charge >= 0.3 is 0 Å². The predicted molar refractivity (Wildman–Crippen MR) is 127 cm³/mol. The predicted octanol–water partition coefficient (Wildman–Crippen LogP) is 5.21. The standard InChI is InChI=1S/C26H25FN4O2/c1-4-30(5-2)26(33)18-6-11-21(12-7-18)29-25(32)19-8-15-23-24(16-19)31(17(3)28-23)22-13-9-20(27)10-14-22/h6-16H,4-5H2,1-3H3,(H,29,32). The number of imidazole rings is 1. The third kappa shape index (κ3) is 4.48. The van der Waals surface area contributed by atoms with Gasteiger partial charge in [0, 0.05) is 35.6 Å². The molecule has 33 heavy (non-hydrogen) atoms. The van der Waals surface area contributed by atoms with Crippen molar-refractivity contribution in [3.8, 4) is 5.69 Å². The monoisotopic (exact) mass is 444 g/mol. The number of aryl methyl sites for hydroxylation is 1. The molecule has 2 amide bonds. The van der Waals surface area contributed by atoms with Gasteiger partial charge in [-0.1, -0.05) is 0 Å². The highest BCUT2D eigenvalue weighted by Gasteiger charge is 2.15. The number of halogens is 1. The number of benzene rings is 3. The van der Waals surface area contributed by atoms with Gasteiger partial charge in [-0.2, -0.15) is 0 Å². The molecule has 0 aliphatic rings. The van der Waals surface area contributed by atoms with Gasteiger partial charge in [0.15, 0.2) is 0 Å². The van der Waals surface area contributed by atoms with Crippen LogP contribution in [0.3, 0.4) is 0 Å². The van der Waals surface area contributed by atoms with Gasteiger partial charge in [0.2, 0.25) is 0 Å². The average Bonchev–Trinajstić information content (AvgIpc) is 3.15. The second-order valence-electron chi connectivity index (χ2n) is 7.68. The molecule has 0 saturated heterocycles. The summed E-state index contributed by atoms with van der Waals surface area (Å²) in [6, 6.07) is 18.3. The Morgan fingerprint density at radius 3 is 2.21 bits per heavy atom. The largest absolute Gasteiger partial charge is 0.339 e. The van der Waals surface area contributed by atoms with E-state index in [-0.39, 0.29) is 17.6 Å². The Labute approximate surface area is 191 Å². The fraction of sp³-hybridized carbons (Fsp3) is 0.192. The molecule has 7 heteroatoms. The number of hydrogen-bond donors (Lipinski definition) is 1. The van der Waals surface area contributed by atoms with Gasteiger partial charge in [0.25, 0.3) is 11.8 Å². The molecule has 0 fully saturated rings. The van der Waals surface area contributed by atoms with Crippen molar-refractivity contribution in [2.24, 2.45) is 0 Å². The summed E-state index contributed by atoms with van der Waals surface area (Å²) in [4.78, 5) is 31.7. The summed E-state index contributed by atoms with van der Waals surface area (Å²) in [5.74, 6) is 0.116. The van der Waals surface area contributed by atoms with E-state index in [9.17, 15) is 14.0 Å². The fourth-order valence-electron chi connectivity index (χ4n) is 3.85. The maximum Gasteiger partial charge on any atom is 0.255 e. The maximum atomic E-state index is 13.4. The molecule has 4 aromatic rings. The topological polar surface area (TPSA) is 67.2 Å². The Balaban J connectivity index is 1.58. The molecule has 0 bridgehead atoms. The van der Waals surface area contributed by atoms with E-state index in [0.717, 1.165) is 22.5 Å². The number of nitrogens with one attached hydrogen (secondary N) is 1. The number of amides is 2. The summed E-state index contributed by atoms with van der Waals surface area (Å²) in [6.07, 6.45) is 0. The van der Waals surface area contributed by atoms with Gasteiger partial charge in [-0.15, -0.1) is 0 Å². The molecule has 6 nitrogen and oxygen atoms in total. The number of rotatable bonds is 6. The highest BCUT2D eigenvalue weighted by Crippen LogP contribution is 2.23. The molecule has 4 rings (SSSR count). The Morgan fingerprint density at radius 1 is 0.939 bits per heavy atom. The Hall–Kier alpha value is -4.00. The molecule has 0 aliphatic carbocycles. The second kappa shape index (κ2) is 9.24. The van der Waals surface area contributed by atoms with Gasteiger partial charge in [-0.25, -0.2) is 9.37 Å². The van der Waals surface area contributed by atoms with Gasteiger partial charge in [0.1, 0.15) is 11.6 Å². The Bertz CT molecular complexity index is 1310. The van der Waals surface area contributed by atoms with Crippen LogP contribution in [0.4, 0.5) is 10.1 Å². The van der Waals surface area contributed by atoms with E-state index >= 15 is 0 Å². The van der Waals surface area contributed by atoms with Crippen LogP contribution in [0.25, 0.3) is 16.7 Å². The first-order chi connectivity index (χ1) is 15.9. The van der Waals surface area contributed by atoms with Crippen molar-refractivity contribution < 1.29 is 14.0 Å². The molecule has 1 heterocycles. The quantitative estimate of drug-likeness (QED) is 0.444. The van der Waals surface area contributed by atoms with Crippen LogP contribution in [-0.4, -0.2) is 39.4 Å². The molecule has 0 saturated carbocycles. The number of fused-ring (bicyclic) bond motifs is 1. The lowest BCUT2D eigenvalue weighted by Crippen LogP contribution is -2.30. The van der Waals surface area contributed by atoms with Crippen LogP contribution in [0.1, 0.15) is 40.4 Å².